The van der Waals surface area contributed by atoms with E-state index in [1.54, 1.807) is 19.2 Å². The first kappa shape index (κ1) is 17.7. The third-order valence-electron chi connectivity index (χ3n) is 4.00. The molecule has 0 atom stereocenters. The molecule has 2 aromatic rings. The van der Waals surface area contributed by atoms with Gasteiger partial charge < -0.3 is 19.5 Å². The Kier molecular flexibility index (Phi) is 5.88. The summed E-state index contributed by atoms with van der Waals surface area (Å²) in [4.78, 5) is 22.4. The number of hydrogen-bond acceptors (Lipinski definition) is 7. The van der Waals surface area contributed by atoms with Crippen LogP contribution in [0.2, 0.25) is 0 Å². The molecule has 0 unspecified atom stereocenters. The Labute approximate surface area is 151 Å². The van der Waals surface area contributed by atoms with Crippen LogP contribution in [0.15, 0.2) is 35.5 Å². The van der Waals surface area contributed by atoms with E-state index in [2.05, 4.69) is 14.9 Å². The Morgan fingerprint density at radius 1 is 1.28 bits per heavy atom. The molecule has 25 heavy (non-hydrogen) atoms. The van der Waals surface area contributed by atoms with Crippen molar-refractivity contribution >= 4 is 23.5 Å². The molecule has 0 aliphatic carbocycles. The molecular formula is C18H20N3O3S-. The van der Waals surface area contributed by atoms with Crippen molar-refractivity contribution in [3.05, 3.63) is 47.2 Å². The van der Waals surface area contributed by atoms with Crippen LogP contribution in [0.3, 0.4) is 0 Å². The van der Waals surface area contributed by atoms with Gasteiger partial charge in [-0.1, -0.05) is 30.0 Å². The van der Waals surface area contributed by atoms with Crippen LogP contribution in [0.1, 0.15) is 34.5 Å². The van der Waals surface area contributed by atoms with Gasteiger partial charge in [-0.2, -0.15) is 0 Å². The molecule has 3 rings (SSSR count). The quantitative estimate of drug-likeness (QED) is 0.552. The van der Waals surface area contributed by atoms with Gasteiger partial charge in [0.25, 0.3) is 0 Å². The first-order valence-corrected chi connectivity index (χ1v) is 9.19. The molecule has 0 saturated carbocycles. The number of anilines is 1. The molecule has 7 heteroatoms. The van der Waals surface area contributed by atoms with E-state index in [1.165, 1.54) is 30.7 Å². The molecule has 1 fully saturated rings. The summed E-state index contributed by atoms with van der Waals surface area (Å²) in [6, 6.07) is 8.75. The van der Waals surface area contributed by atoms with Gasteiger partial charge in [-0.3, -0.25) is 0 Å². The van der Waals surface area contributed by atoms with E-state index in [-0.39, 0.29) is 5.56 Å². The molecule has 1 aliphatic rings. The van der Waals surface area contributed by atoms with Crippen molar-refractivity contribution in [2.24, 2.45) is 0 Å². The summed E-state index contributed by atoms with van der Waals surface area (Å²) in [7, 11) is 1.65. The second kappa shape index (κ2) is 8.31. The minimum atomic E-state index is -1.17. The van der Waals surface area contributed by atoms with Gasteiger partial charge in [0.05, 0.1) is 18.3 Å². The number of benzene rings is 1. The van der Waals surface area contributed by atoms with E-state index in [4.69, 9.17) is 4.74 Å². The number of aromatic nitrogens is 2. The second-order valence-electron chi connectivity index (χ2n) is 5.90. The summed E-state index contributed by atoms with van der Waals surface area (Å²) in [5, 5.41) is 11.6. The molecule has 132 valence electrons. The van der Waals surface area contributed by atoms with Crippen LogP contribution in [-0.2, 0) is 17.1 Å². The zero-order chi connectivity index (χ0) is 17.6. The Morgan fingerprint density at radius 3 is 2.80 bits per heavy atom. The average molecular weight is 358 g/mol. The maximum Gasteiger partial charge on any atom is 0.190 e. The predicted molar refractivity (Wildman–Crippen MR) is 94.5 cm³/mol. The van der Waals surface area contributed by atoms with Crippen molar-refractivity contribution in [2.45, 2.75) is 30.4 Å². The number of rotatable bonds is 7. The highest BCUT2D eigenvalue weighted by Crippen LogP contribution is 2.25. The van der Waals surface area contributed by atoms with E-state index in [1.807, 2.05) is 12.1 Å². The molecule has 0 N–H and O–H groups in total. The molecule has 1 aliphatic heterocycles. The van der Waals surface area contributed by atoms with Crippen molar-refractivity contribution in [1.82, 2.24) is 9.97 Å². The first-order chi connectivity index (χ1) is 12.2. The first-order valence-electron chi connectivity index (χ1n) is 8.20. The highest BCUT2D eigenvalue weighted by Gasteiger charge is 2.16. The fourth-order valence-electron chi connectivity index (χ4n) is 2.79. The lowest BCUT2D eigenvalue weighted by atomic mass is 10.1. The minimum absolute atomic E-state index is 0.185. The van der Waals surface area contributed by atoms with E-state index in [0.29, 0.717) is 17.5 Å². The Morgan fingerprint density at radius 2 is 2.08 bits per heavy atom. The fourth-order valence-corrected chi connectivity index (χ4v) is 3.61. The van der Waals surface area contributed by atoms with Crippen molar-refractivity contribution in [1.29, 1.82) is 0 Å². The van der Waals surface area contributed by atoms with Gasteiger partial charge in [0.1, 0.15) is 5.82 Å². The zero-order valence-corrected chi connectivity index (χ0v) is 14.9. The molecule has 2 heterocycles. The van der Waals surface area contributed by atoms with E-state index < -0.39 is 5.97 Å². The van der Waals surface area contributed by atoms with Crippen LogP contribution in [0.25, 0.3) is 0 Å². The summed E-state index contributed by atoms with van der Waals surface area (Å²) in [6.45, 7) is 2.47. The Bertz CT molecular complexity index is 748. The van der Waals surface area contributed by atoms with Gasteiger partial charge in [0.15, 0.2) is 5.16 Å². The number of carbonyl (C=O) groups is 1. The van der Waals surface area contributed by atoms with Crippen LogP contribution in [0.4, 0.5) is 5.82 Å². The molecular weight excluding hydrogens is 338 g/mol. The summed E-state index contributed by atoms with van der Waals surface area (Å²) in [5.41, 5.74) is 1.94. The van der Waals surface area contributed by atoms with Gasteiger partial charge in [-0.05, 0) is 30.0 Å². The lowest BCUT2D eigenvalue weighted by molar-refractivity contribution is -0.255. The number of nitrogens with zero attached hydrogens (tertiary/aromatic N) is 3. The fraction of sp³-hybridized carbons (Fsp3) is 0.389. The third kappa shape index (κ3) is 4.70. The monoisotopic (exact) mass is 358 g/mol. The van der Waals surface area contributed by atoms with Gasteiger partial charge in [-0.25, -0.2) is 9.97 Å². The summed E-state index contributed by atoms with van der Waals surface area (Å²) in [5.74, 6) is 0.365. The summed E-state index contributed by atoms with van der Waals surface area (Å²) < 4.78 is 5.22. The van der Waals surface area contributed by atoms with Crippen molar-refractivity contribution in [3.8, 4) is 0 Å². The Hall–Kier alpha value is -2.12. The highest BCUT2D eigenvalue weighted by molar-refractivity contribution is 7.98. The predicted octanol–water partition coefficient (Wildman–Crippen LogP) is 1.88. The van der Waals surface area contributed by atoms with Crippen LogP contribution in [-0.4, -0.2) is 36.1 Å². The molecule has 0 amide bonds. The minimum Gasteiger partial charge on any atom is -0.545 e. The number of aromatic carboxylic acids is 1. The van der Waals surface area contributed by atoms with Gasteiger partial charge in [0, 0.05) is 32.0 Å². The van der Waals surface area contributed by atoms with E-state index in [9.17, 15) is 9.90 Å². The van der Waals surface area contributed by atoms with Gasteiger partial charge in [-0.15, -0.1) is 0 Å². The highest BCUT2D eigenvalue weighted by atomic mass is 32.2. The van der Waals surface area contributed by atoms with Gasteiger partial charge >= 0.3 is 0 Å². The van der Waals surface area contributed by atoms with Crippen molar-refractivity contribution in [2.75, 3.05) is 25.1 Å². The number of hydrogen-bond donors (Lipinski definition) is 0. The van der Waals surface area contributed by atoms with Crippen LogP contribution in [0.5, 0.6) is 0 Å². The normalized spacial score (nSPS) is 14.0. The van der Waals surface area contributed by atoms with Crippen LogP contribution in [0, 0.1) is 0 Å². The molecule has 6 nitrogen and oxygen atoms in total. The van der Waals surface area contributed by atoms with Crippen molar-refractivity contribution < 1.29 is 14.6 Å². The Balaban J connectivity index is 1.76. The largest absolute Gasteiger partial charge is 0.545 e. The van der Waals surface area contributed by atoms with Crippen LogP contribution < -0.4 is 10.0 Å². The number of carbonyl (C=O) groups excluding carboxylic acids is 1. The number of methoxy groups -OCH3 is 1. The molecule has 0 bridgehead atoms. The molecule has 1 saturated heterocycles. The maximum atomic E-state index is 11.0. The standard InChI is InChI=1S/C18H21N3O3S/c1-24-11-15-10-16(21-7-2-3-8-21)20-18(19-15)25-12-13-5-4-6-14(9-13)17(22)23/h4-6,9-10H,2-3,7-8,11-12H2,1H3,(H,22,23)/p-1. The summed E-state index contributed by atoms with van der Waals surface area (Å²) in [6.07, 6.45) is 2.37. The number of ether oxygens (including phenoxy) is 1. The van der Waals surface area contributed by atoms with Crippen LogP contribution >= 0.6 is 11.8 Å². The molecule has 0 spiro atoms. The van der Waals surface area contributed by atoms with E-state index in [0.717, 1.165) is 30.2 Å². The molecule has 1 aromatic heterocycles. The lowest BCUT2D eigenvalue weighted by Crippen LogP contribution is -2.22. The SMILES string of the molecule is COCc1cc(N2CCCC2)nc(SCc2cccc(C(=O)[O-])c2)n1. The summed E-state index contributed by atoms with van der Waals surface area (Å²) >= 11 is 1.49. The van der Waals surface area contributed by atoms with Gasteiger partial charge in [0.2, 0.25) is 0 Å². The average Bonchev–Trinajstić information content (AvgIpc) is 3.15. The van der Waals surface area contributed by atoms with E-state index >= 15 is 0 Å². The number of carboxylic acid groups (broad SMARTS) is 1. The topological polar surface area (TPSA) is 78.4 Å². The number of thioether (sulfide) groups is 1. The maximum absolute atomic E-state index is 11.0. The smallest absolute Gasteiger partial charge is 0.190 e. The molecule has 0 radical (unpaired) electrons. The second-order valence-corrected chi connectivity index (χ2v) is 6.85. The number of carboxylic acids is 1. The zero-order valence-electron chi connectivity index (χ0n) is 14.1. The lowest BCUT2D eigenvalue weighted by Gasteiger charge is -2.17. The third-order valence-corrected chi connectivity index (χ3v) is 4.92. The molecule has 1 aromatic carbocycles. The van der Waals surface area contributed by atoms with Crippen molar-refractivity contribution in [3.63, 3.8) is 0 Å².